The second-order valence-electron chi connectivity index (χ2n) is 2.67. The number of hydrogen-bond donors (Lipinski definition) is 1. The molecule has 0 aliphatic carbocycles. The fourth-order valence-electron chi connectivity index (χ4n) is 1.05. The molecule has 1 N–H and O–H groups in total. The van der Waals surface area contributed by atoms with E-state index in [0.717, 1.165) is 0 Å². The molecule has 0 aliphatic rings. The Morgan fingerprint density at radius 3 is 2.36 bits per heavy atom. The zero-order valence-corrected chi connectivity index (χ0v) is 9.19. The molecule has 0 aliphatic heterocycles. The van der Waals surface area contributed by atoms with Gasteiger partial charge in [0.1, 0.15) is 0 Å². The van der Waals surface area contributed by atoms with Gasteiger partial charge in [0, 0.05) is 16.3 Å². The van der Waals surface area contributed by atoms with Crippen LogP contribution in [0, 0.1) is 17.4 Å². The Morgan fingerprint density at radius 2 is 1.82 bits per heavy atom. The predicted molar refractivity (Wildman–Crippen MR) is 58.2 cm³/mol. The van der Waals surface area contributed by atoms with Crippen molar-refractivity contribution in [2.45, 2.75) is 13.8 Å². The first-order valence-electron chi connectivity index (χ1n) is 3.59. The molecule has 0 aromatic heterocycles. The molecular weight excluding hydrogens is 249 g/mol. The van der Waals surface area contributed by atoms with E-state index in [0.29, 0.717) is 0 Å². The van der Waals surface area contributed by atoms with E-state index in [1.165, 1.54) is 20.4 Å². The van der Waals surface area contributed by atoms with Crippen molar-refractivity contribution in [2.75, 3.05) is 12.4 Å². The number of benzene rings is 1. The lowest BCUT2D eigenvalue weighted by molar-refractivity contribution is 1.33. The van der Waals surface area contributed by atoms with Crippen molar-refractivity contribution >= 4 is 28.3 Å². The van der Waals surface area contributed by atoms with Crippen molar-refractivity contribution in [3.8, 4) is 0 Å². The Labute approximate surface area is 81.3 Å². The lowest BCUT2D eigenvalue weighted by atomic mass is 10.1. The maximum Gasteiger partial charge on any atom is 0.0370 e. The van der Waals surface area contributed by atoms with E-state index in [2.05, 4.69) is 53.9 Å². The van der Waals surface area contributed by atoms with Crippen LogP contribution in [0.5, 0.6) is 0 Å². The molecule has 0 atom stereocenters. The van der Waals surface area contributed by atoms with Gasteiger partial charge in [0.15, 0.2) is 0 Å². The molecule has 60 valence electrons. The Morgan fingerprint density at radius 1 is 1.18 bits per heavy atom. The third-order valence-electron chi connectivity index (χ3n) is 1.77. The van der Waals surface area contributed by atoms with Crippen molar-refractivity contribution < 1.29 is 0 Å². The molecule has 2 heteroatoms. The summed E-state index contributed by atoms with van der Waals surface area (Å²) in [6.07, 6.45) is 0. The van der Waals surface area contributed by atoms with Gasteiger partial charge in [0.25, 0.3) is 0 Å². The molecule has 0 spiro atoms. The van der Waals surface area contributed by atoms with Gasteiger partial charge in [-0.3, -0.25) is 0 Å². The lowest BCUT2D eigenvalue weighted by Crippen LogP contribution is -1.93. The minimum Gasteiger partial charge on any atom is -0.388 e. The Kier molecular flexibility index (Phi) is 2.76. The monoisotopic (exact) mass is 261 g/mol. The minimum absolute atomic E-state index is 1.22. The van der Waals surface area contributed by atoms with Crippen LogP contribution in [0.4, 0.5) is 5.69 Å². The van der Waals surface area contributed by atoms with Crippen LogP contribution in [-0.4, -0.2) is 7.05 Å². The minimum atomic E-state index is 1.22. The molecule has 0 amide bonds. The van der Waals surface area contributed by atoms with Gasteiger partial charge in [-0.25, -0.2) is 0 Å². The topological polar surface area (TPSA) is 12.0 Å². The first kappa shape index (κ1) is 8.84. The van der Waals surface area contributed by atoms with Crippen molar-refractivity contribution in [2.24, 2.45) is 0 Å². The van der Waals surface area contributed by atoms with Gasteiger partial charge in [0.2, 0.25) is 0 Å². The van der Waals surface area contributed by atoms with Gasteiger partial charge in [0.05, 0.1) is 0 Å². The molecule has 1 aromatic carbocycles. The predicted octanol–water partition coefficient (Wildman–Crippen LogP) is 2.95. The smallest absolute Gasteiger partial charge is 0.0370 e. The van der Waals surface area contributed by atoms with Gasteiger partial charge in [-0.2, -0.15) is 0 Å². The summed E-state index contributed by atoms with van der Waals surface area (Å²) in [6.45, 7) is 4.25. The van der Waals surface area contributed by atoms with Gasteiger partial charge < -0.3 is 5.32 Å². The van der Waals surface area contributed by atoms with Crippen LogP contribution in [-0.2, 0) is 0 Å². The third kappa shape index (κ3) is 1.86. The van der Waals surface area contributed by atoms with E-state index in [1.807, 2.05) is 7.05 Å². The van der Waals surface area contributed by atoms with Crippen LogP contribution in [0.3, 0.4) is 0 Å². The summed E-state index contributed by atoms with van der Waals surface area (Å²) in [4.78, 5) is 0. The number of anilines is 1. The van der Waals surface area contributed by atoms with E-state index in [4.69, 9.17) is 0 Å². The lowest BCUT2D eigenvalue weighted by Gasteiger charge is -2.07. The van der Waals surface area contributed by atoms with E-state index in [-0.39, 0.29) is 0 Å². The van der Waals surface area contributed by atoms with Crippen LogP contribution in [0.1, 0.15) is 11.1 Å². The van der Waals surface area contributed by atoms with E-state index in [9.17, 15) is 0 Å². The molecule has 0 saturated heterocycles. The average Bonchev–Trinajstić information content (AvgIpc) is 1.97. The number of hydrogen-bond acceptors (Lipinski definition) is 1. The maximum atomic E-state index is 3.16. The number of rotatable bonds is 1. The molecule has 1 nitrogen and oxygen atoms in total. The Bertz CT molecular complexity index is 269. The molecule has 0 saturated carbocycles. The van der Waals surface area contributed by atoms with Crippen LogP contribution in [0.15, 0.2) is 12.1 Å². The van der Waals surface area contributed by atoms with Crippen molar-refractivity contribution in [3.05, 3.63) is 26.8 Å². The summed E-state index contributed by atoms with van der Waals surface area (Å²) in [5, 5.41) is 3.16. The molecule has 1 rings (SSSR count). The van der Waals surface area contributed by atoms with Gasteiger partial charge in [-0.05, 0) is 59.7 Å². The molecule has 0 bridgehead atoms. The first-order chi connectivity index (χ1) is 5.15. The molecule has 0 heterocycles. The average molecular weight is 261 g/mol. The SMILES string of the molecule is CNc1cc(C)c(I)cc1C. The fourth-order valence-corrected chi connectivity index (χ4v) is 1.67. The molecular formula is C9H12IN. The molecule has 1 aromatic rings. The van der Waals surface area contributed by atoms with E-state index < -0.39 is 0 Å². The highest BCUT2D eigenvalue weighted by Gasteiger charge is 1.99. The molecule has 0 radical (unpaired) electrons. The van der Waals surface area contributed by atoms with Gasteiger partial charge >= 0.3 is 0 Å². The Hall–Kier alpha value is -0.250. The van der Waals surface area contributed by atoms with Crippen LogP contribution in [0.2, 0.25) is 0 Å². The standard InChI is InChI=1S/C9H12IN/c1-6-5-9(11-3)7(2)4-8(6)10/h4-5,11H,1-3H3. The maximum absolute atomic E-state index is 3.16. The third-order valence-corrected chi connectivity index (χ3v) is 2.94. The van der Waals surface area contributed by atoms with Crippen LogP contribution in [0.25, 0.3) is 0 Å². The summed E-state index contributed by atoms with van der Waals surface area (Å²) >= 11 is 2.36. The Balaban J connectivity index is 3.21. The summed E-state index contributed by atoms with van der Waals surface area (Å²) < 4.78 is 1.33. The summed E-state index contributed by atoms with van der Waals surface area (Å²) in [5.41, 5.74) is 3.87. The summed E-state index contributed by atoms with van der Waals surface area (Å²) in [7, 11) is 1.95. The van der Waals surface area contributed by atoms with Gasteiger partial charge in [-0.15, -0.1) is 0 Å². The zero-order valence-electron chi connectivity index (χ0n) is 7.03. The van der Waals surface area contributed by atoms with E-state index >= 15 is 0 Å². The zero-order chi connectivity index (χ0) is 8.43. The molecule has 0 fully saturated rings. The quantitative estimate of drug-likeness (QED) is 0.766. The van der Waals surface area contributed by atoms with Gasteiger partial charge in [-0.1, -0.05) is 0 Å². The molecule has 0 unspecified atom stereocenters. The summed E-state index contributed by atoms with van der Waals surface area (Å²) in [5.74, 6) is 0. The van der Waals surface area contributed by atoms with E-state index in [1.54, 1.807) is 0 Å². The fraction of sp³-hybridized carbons (Fsp3) is 0.333. The first-order valence-corrected chi connectivity index (χ1v) is 4.67. The van der Waals surface area contributed by atoms with Crippen LogP contribution >= 0.6 is 22.6 Å². The van der Waals surface area contributed by atoms with Crippen molar-refractivity contribution in [3.63, 3.8) is 0 Å². The van der Waals surface area contributed by atoms with Crippen molar-refractivity contribution in [1.29, 1.82) is 0 Å². The number of nitrogens with one attached hydrogen (secondary N) is 1. The normalized spacial score (nSPS) is 9.82. The second-order valence-corrected chi connectivity index (χ2v) is 3.83. The van der Waals surface area contributed by atoms with Crippen molar-refractivity contribution in [1.82, 2.24) is 0 Å². The summed E-state index contributed by atoms with van der Waals surface area (Å²) in [6, 6.07) is 4.37. The molecule has 11 heavy (non-hydrogen) atoms. The number of halogens is 1. The largest absolute Gasteiger partial charge is 0.388 e. The van der Waals surface area contributed by atoms with Crippen LogP contribution < -0.4 is 5.32 Å². The number of aryl methyl sites for hydroxylation is 2. The second kappa shape index (κ2) is 3.43. The highest BCUT2D eigenvalue weighted by molar-refractivity contribution is 14.1. The highest BCUT2D eigenvalue weighted by atomic mass is 127. The highest BCUT2D eigenvalue weighted by Crippen LogP contribution is 2.20.